The SMILES string of the molecule is CCc1ccc(C(C)C)c(C(C)(C)CC(=O)O)c1O. The van der Waals surface area contributed by atoms with Crippen LogP contribution < -0.4 is 0 Å². The molecule has 0 aromatic heterocycles. The van der Waals surface area contributed by atoms with Gasteiger partial charge in [0, 0.05) is 11.0 Å². The van der Waals surface area contributed by atoms with Gasteiger partial charge in [-0.2, -0.15) is 0 Å². The molecule has 0 radical (unpaired) electrons. The Bertz CT molecular complexity index is 473. The molecular weight excluding hydrogens is 240 g/mol. The van der Waals surface area contributed by atoms with Crippen molar-refractivity contribution in [1.82, 2.24) is 0 Å². The number of aliphatic carboxylic acids is 1. The van der Waals surface area contributed by atoms with Crippen LogP contribution in [0.25, 0.3) is 0 Å². The number of aryl methyl sites for hydroxylation is 1. The van der Waals surface area contributed by atoms with Crippen molar-refractivity contribution in [2.75, 3.05) is 0 Å². The Balaban J connectivity index is 3.48. The quantitative estimate of drug-likeness (QED) is 0.849. The lowest BCUT2D eigenvalue weighted by molar-refractivity contribution is -0.138. The lowest BCUT2D eigenvalue weighted by Crippen LogP contribution is -2.24. The number of hydrogen-bond donors (Lipinski definition) is 2. The van der Waals surface area contributed by atoms with Gasteiger partial charge in [0.1, 0.15) is 5.75 Å². The Morgan fingerprint density at radius 3 is 2.32 bits per heavy atom. The van der Waals surface area contributed by atoms with Gasteiger partial charge in [-0.1, -0.05) is 46.8 Å². The first-order valence-corrected chi connectivity index (χ1v) is 6.77. The highest BCUT2D eigenvalue weighted by Crippen LogP contribution is 2.41. The van der Waals surface area contributed by atoms with Crippen molar-refractivity contribution in [3.05, 3.63) is 28.8 Å². The zero-order valence-corrected chi connectivity index (χ0v) is 12.4. The average Bonchev–Trinajstić information content (AvgIpc) is 2.26. The van der Waals surface area contributed by atoms with Gasteiger partial charge < -0.3 is 10.2 Å². The number of hydrogen-bond acceptors (Lipinski definition) is 2. The highest BCUT2D eigenvalue weighted by atomic mass is 16.4. The Kier molecular flexibility index (Phi) is 4.61. The first-order chi connectivity index (χ1) is 8.70. The minimum absolute atomic E-state index is 0.00739. The van der Waals surface area contributed by atoms with E-state index in [0.717, 1.165) is 23.1 Å². The van der Waals surface area contributed by atoms with Gasteiger partial charge in [-0.25, -0.2) is 0 Å². The van der Waals surface area contributed by atoms with E-state index in [9.17, 15) is 9.90 Å². The molecule has 0 aliphatic carbocycles. The fraction of sp³-hybridized carbons (Fsp3) is 0.562. The van der Waals surface area contributed by atoms with Gasteiger partial charge in [0.2, 0.25) is 0 Å². The molecule has 1 rings (SSSR count). The van der Waals surface area contributed by atoms with Crippen molar-refractivity contribution in [3.63, 3.8) is 0 Å². The number of benzene rings is 1. The highest BCUT2D eigenvalue weighted by molar-refractivity contribution is 5.70. The summed E-state index contributed by atoms with van der Waals surface area (Å²) in [5.41, 5.74) is 2.10. The third-order valence-corrected chi connectivity index (χ3v) is 3.57. The van der Waals surface area contributed by atoms with E-state index in [2.05, 4.69) is 13.8 Å². The maximum absolute atomic E-state index is 11.1. The van der Waals surface area contributed by atoms with Crippen LogP contribution in [0.1, 0.15) is 63.6 Å². The van der Waals surface area contributed by atoms with Crippen molar-refractivity contribution >= 4 is 5.97 Å². The van der Waals surface area contributed by atoms with Crippen LogP contribution in [0.4, 0.5) is 0 Å². The van der Waals surface area contributed by atoms with Crippen molar-refractivity contribution in [2.24, 2.45) is 0 Å². The summed E-state index contributed by atoms with van der Waals surface area (Å²) in [7, 11) is 0. The minimum Gasteiger partial charge on any atom is -0.507 e. The fourth-order valence-corrected chi connectivity index (χ4v) is 2.59. The van der Waals surface area contributed by atoms with Gasteiger partial charge in [0.15, 0.2) is 0 Å². The molecule has 0 unspecified atom stereocenters. The smallest absolute Gasteiger partial charge is 0.304 e. The molecule has 0 heterocycles. The van der Waals surface area contributed by atoms with Crippen LogP contribution in [0.15, 0.2) is 12.1 Å². The Labute approximate surface area is 115 Å². The van der Waals surface area contributed by atoms with Crippen LogP contribution in [0.2, 0.25) is 0 Å². The summed E-state index contributed by atoms with van der Waals surface area (Å²) in [6.45, 7) is 9.85. The molecule has 0 spiro atoms. The summed E-state index contributed by atoms with van der Waals surface area (Å²) >= 11 is 0. The van der Waals surface area contributed by atoms with Crippen molar-refractivity contribution in [2.45, 2.75) is 58.8 Å². The first kappa shape index (κ1) is 15.5. The van der Waals surface area contributed by atoms with Gasteiger partial charge in [0.05, 0.1) is 6.42 Å². The van der Waals surface area contributed by atoms with Gasteiger partial charge in [-0.05, 0) is 23.5 Å². The Morgan fingerprint density at radius 2 is 1.89 bits per heavy atom. The molecule has 0 amide bonds. The second kappa shape index (κ2) is 5.64. The molecule has 0 atom stereocenters. The molecule has 1 aromatic carbocycles. The number of phenolic OH excluding ortho intramolecular Hbond substituents is 1. The van der Waals surface area contributed by atoms with Crippen molar-refractivity contribution in [1.29, 1.82) is 0 Å². The Hall–Kier alpha value is -1.51. The van der Waals surface area contributed by atoms with E-state index in [1.807, 2.05) is 32.9 Å². The first-order valence-electron chi connectivity index (χ1n) is 6.77. The molecule has 19 heavy (non-hydrogen) atoms. The average molecular weight is 264 g/mol. The molecule has 3 nitrogen and oxygen atoms in total. The summed E-state index contributed by atoms with van der Waals surface area (Å²) in [6.07, 6.45) is 0.744. The van der Waals surface area contributed by atoms with Crippen LogP contribution in [-0.4, -0.2) is 16.2 Å². The predicted molar refractivity (Wildman–Crippen MR) is 76.9 cm³/mol. The van der Waals surface area contributed by atoms with Crippen LogP contribution in [0.3, 0.4) is 0 Å². The van der Waals surface area contributed by atoms with Crippen LogP contribution in [-0.2, 0) is 16.6 Å². The highest BCUT2D eigenvalue weighted by Gasteiger charge is 2.31. The largest absolute Gasteiger partial charge is 0.507 e. The van der Waals surface area contributed by atoms with Crippen molar-refractivity contribution < 1.29 is 15.0 Å². The predicted octanol–water partition coefficient (Wildman–Crippen LogP) is 3.83. The zero-order valence-electron chi connectivity index (χ0n) is 12.4. The maximum Gasteiger partial charge on any atom is 0.304 e. The molecule has 106 valence electrons. The van der Waals surface area contributed by atoms with Crippen molar-refractivity contribution in [3.8, 4) is 5.75 Å². The Morgan fingerprint density at radius 1 is 1.32 bits per heavy atom. The number of carbonyl (C=O) groups is 1. The van der Waals surface area contributed by atoms with E-state index >= 15 is 0 Å². The monoisotopic (exact) mass is 264 g/mol. The normalized spacial score (nSPS) is 11.9. The summed E-state index contributed by atoms with van der Waals surface area (Å²) in [4.78, 5) is 11.1. The number of aromatic hydroxyl groups is 1. The molecule has 2 N–H and O–H groups in total. The number of rotatable bonds is 5. The number of carboxylic acid groups (broad SMARTS) is 1. The minimum atomic E-state index is -0.846. The van der Waals surface area contributed by atoms with E-state index in [4.69, 9.17) is 5.11 Å². The molecule has 0 saturated heterocycles. The number of phenols is 1. The molecule has 0 fully saturated rings. The van der Waals surface area contributed by atoms with E-state index < -0.39 is 11.4 Å². The second-order valence-corrected chi connectivity index (χ2v) is 6.00. The second-order valence-electron chi connectivity index (χ2n) is 6.00. The molecule has 3 heteroatoms. The lowest BCUT2D eigenvalue weighted by Gasteiger charge is -2.29. The van der Waals surface area contributed by atoms with Crippen LogP contribution in [0, 0.1) is 0 Å². The van der Waals surface area contributed by atoms with E-state index in [1.165, 1.54) is 0 Å². The van der Waals surface area contributed by atoms with E-state index in [1.54, 1.807) is 0 Å². The third-order valence-electron chi connectivity index (χ3n) is 3.57. The summed E-state index contributed by atoms with van der Waals surface area (Å²) in [5.74, 6) is -0.333. The van der Waals surface area contributed by atoms with Crippen LogP contribution >= 0.6 is 0 Å². The molecule has 0 saturated carbocycles. The zero-order chi connectivity index (χ0) is 14.8. The fourth-order valence-electron chi connectivity index (χ4n) is 2.59. The summed E-state index contributed by atoms with van der Waals surface area (Å²) in [5, 5.41) is 19.5. The third kappa shape index (κ3) is 3.28. The van der Waals surface area contributed by atoms with Gasteiger partial charge in [0.25, 0.3) is 0 Å². The van der Waals surface area contributed by atoms with Gasteiger partial charge in [-0.15, -0.1) is 0 Å². The molecule has 0 aliphatic heterocycles. The summed E-state index contributed by atoms with van der Waals surface area (Å²) < 4.78 is 0. The maximum atomic E-state index is 11.1. The number of carboxylic acids is 1. The van der Waals surface area contributed by atoms with Gasteiger partial charge >= 0.3 is 5.97 Å². The van der Waals surface area contributed by atoms with Gasteiger partial charge in [-0.3, -0.25) is 4.79 Å². The lowest BCUT2D eigenvalue weighted by atomic mass is 9.75. The van der Waals surface area contributed by atoms with Crippen LogP contribution in [0.5, 0.6) is 5.75 Å². The molecule has 1 aromatic rings. The molecule has 0 bridgehead atoms. The standard InChI is InChI=1S/C16H24O3/c1-6-11-7-8-12(10(2)3)14(15(11)19)16(4,5)9-13(17)18/h7-8,10,19H,6,9H2,1-5H3,(H,17,18). The molecule has 0 aliphatic rings. The topological polar surface area (TPSA) is 57.5 Å². The van der Waals surface area contributed by atoms with E-state index in [0.29, 0.717) is 0 Å². The molecular formula is C16H24O3. The summed E-state index contributed by atoms with van der Waals surface area (Å²) in [6, 6.07) is 3.95. The van der Waals surface area contributed by atoms with E-state index in [-0.39, 0.29) is 18.1 Å².